The Hall–Kier alpha value is -1.02. The highest BCUT2D eigenvalue weighted by Crippen LogP contribution is 2.54. The number of hydrogen-bond donors (Lipinski definition) is 1. The Morgan fingerprint density at radius 1 is 1.20 bits per heavy atom. The summed E-state index contributed by atoms with van der Waals surface area (Å²) in [7, 11) is 0. The van der Waals surface area contributed by atoms with E-state index in [0.717, 1.165) is 12.3 Å². The van der Waals surface area contributed by atoms with Crippen LogP contribution in [0.3, 0.4) is 0 Å². The van der Waals surface area contributed by atoms with Crippen LogP contribution in [0.5, 0.6) is 5.75 Å². The van der Waals surface area contributed by atoms with Gasteiger partial charge in [0.1, 0.15) is 11.9 Å². The van der Waals surface area contributed by atoms with Crippen molar-refractivity contribution in [2.24, 2.45) is 5.41 Å². The fourth-order valence-corrected chi connectivity index (χ4v) is 4.10. The highest BCUT2D eigenvalue weighted by Gasteiger charge is 2.57. The molecule has 1 aromatic rings. The molecule has 0 amide bonds. The Labute approximate surface area is 122 Å². The maximum Gasteiger partial charge on any atom is 0.120 e. The molecule has 0 heterocycles. The van der Waals surface area contributed by atoms with E-state index in [2.05, 4.69) is 44.3 Å². The van der Waals surface area contributed by atoms with Crippen molar-refractivity contribution in [1.29, 1.82) is 0 Å². The molecule has 1 N–H and O–H groups in total. The molecule has 2 atom stereocenters. The van der Waals surface area contributed by atoms with E-state index in [-0.39, 0.29) is 0 Å². The highest BCUT2D eigenvalue weighted by atomic mass is 16.5. The number of rotatable bonds is 4. The fraction of sp³-hybridized carbons (Fsp3) is 0.667. The molecule has 0 aliphatic heterocycles. The number of nitrogens with one attached hydrogen (secondary N) is 1. The first-order valence-electron chi connectivity index (χ1n) is 8.13. The van der Waals surface area contributed by atoms with Gasteiger partial charge >= 0.3 is 0 Å². The average molecular weight is 273 g/mol. The molecule has 0 saturated heterocycles. The summed E-state index contributed by atoms with van der Waals surface area (Å²) >= 11 is 0. The molecule has 2 aliphatic rings. The molecule has 1 spiro atoms. The van der Waals surface area contributed by atoms with Gasteiger partial charge < -0.3 is 10.1 Å². The lowest BCUT2D eigenvalue weighted by Crippen LogP contribution is -2.63. The van der Waals surface area contributed by atoms with Crippen LogP contribution in [0.25, 0.3) is 0 Å². The summed E-state index contributed by atoms with van der Waals surface area (Å²) in [6.45, 7) is 7.60. The van der Waals surface area contributed by atoms with Gasteiger partial charge in [-0.05, 0) is 56.5 Å². The van der Waals surface area contributed by atoms with E-state index in [1.54, 1.807) is 0 Å². The first-order valence-corrected chi connectivity index (χ1v) is 8.13. The first kappa shape index (κ1) is 13.9. The third kappa shape index (κ3) is 2.24. The Morgan fingerprint density at radius 3 is 2.60 bits per heavy atom. The fourth-order valence-electron chi connectivity index (χ4n) is 4.10. The maximum atomic E-state index is 6.36. The third-order valence-electron chi connectivity index (χ3n) is 5.53. The van der Waals surface area contributed by atoms with Crippen LogP contribution in [-0.4, -0.2) is 18.7 Å². The monoisotopic (exact) mass is 273 g/mol. The van der Waals surface area contributed by atoms with Gasteiger partial charge in [0.2, 0.25) is 0 Å². The molecule has 2 fully saturated rings. The van der Waals surface area contributed by atoms with Crippen molar-refractivity contribution >= 4 is 0 Å². The minimum Gasteiger partial charge on any atom is -0.490 e. The van der Waals surface area contributed by atoms with Gasteiger partial charge in [-0.15, -0.1) is 0 Å². The van der Waals surface area contributed by atoms with Gasteiger partial charge in [0.25, 0.3) is 0 Å². The molecule has 2 aliphatic carbocycles. The Morgan fingerprint density at radius 2 is 1.95 bits per heavy atom. The Balaban J connectivity index is 1.72. The van der Waals surface area contributed by atoms with Crippen LogP contribution in [0.15, 0.2) is 18.2 Å². The van der Waals surface area contributed by atoms with E-state index >= 15 is 0 Å². The van der Waals surface area contributed by atoms with Gasteiger partial charge in [-0.2, -0.15) is 0 Å². The van der Waals surface area contributed by atoms with Crippen LogP contribution in [0.2, 0.25) is 0 Å². The normalized spacial score (nSPS) is 27.6. The first-order chi connectivity index (χ1) is 9.65. The largest absolute Gasteiger partial charge is 0.490 e. The predicted molar refractivity (Wildman–Crippen MR) is 83.3 cm³/mol. The van der Waals surface area contributed by atoms with Crippen LogP contribution >= 0.6 is 0 Å². The van der Waals surface area contributed by atoms with E-state index < -0.39 is 0 Å². The van der Waals surface area contributed by atoms with Crippen molar-refractivity contribution in [2.75, 3.05) is 6.54 Å². The Kier molecular flexibility index (Phi) is 3.76. The number of hydrogen-bond acceptors (Lipinski definition) is 2. The van der Waals surface area contributed by atoms with Crippen LogP contribution in [0, 0.1) is 19.3 Å². The van der Waals surface area contributed by atoms with Gasteiger partial charge in [0.15, 0.2) is 0 Å². The van der Waals surface area contributed by atoms with Crippen molar-refractivity contribution in [1.82, 2.24) is 5.32 Å². The SMILES string of the molecule is CCNC1CC(Oc2ccc(C)c(C)c2)C12CCCC2. The predicted octanol–water partition coefficient (Wildman–Crippen LogP) is 3.99. The minimum absolute atomic E-state index is 0.412. The van der Waals surface area contributed by atoms with Gasteiger partial charge in [0, 0.05) is 17.9 Å². The number of benzene rings is 1. The minimum atomic E-state index is 0.412. The van der Waals surface area contributed by atoms with Crippen molar-refractivity contribution in [2.45, 2.75) is 65.0 Å². The molecule has 2 heteroatoms. The zero-order valence-electron chi connectivity index (χ0n) is 13.0. The quantitative estimate of drug-likeness (QED) is 0.895. The van der Waals surface area contributed by atoms with Crippen molar-refractivity contribution in [3.63, 3.8) is 0 Å². The molecule has 0 radical (unpaired) electrons. The second-order valence-electron chi connectivity index (χ2n) is 6.64. The summed E-state index contributed by atoms with van der Waals surface area (Å²) in [5, 5.41) is 3.67. The molecular formula is C18H27NO. The molecule has 2 saturated carbocycles. The van der Waals surface area contributed by atoms with Gasteiger partial charge in [-0.25, -0.2) is 0 Å². The summed E-state index contributed by atoms with van der Waals surface area (Å²) in [6, 6.07) is 7.17. The third-order valence-corrected chi connectivity index (χ3v) is 5.53. The van der Waals surface area contributed by atoms with Crippen molar-refractivity contribution in [3.8, 4) is 5.75 Å². The molecule has 0 aromatic heterocycles. The second kappa shape index (κ2) is 5.40. The molecule has 2 unspecified atom stereocenters. The van der Waals surface area contributed by atoms with Gasteiger partial charge in [-0.3, -0.25) is 0 Å². The Bertz CT molecular complexity index is 476. The highest BCUT2D eigenvalue weighted by molar-refractivity contribution is 5.34. The van der Waals surface area contributed by atoms with Crippen molar-refractivity contribution in [3.05, 3.63) is 29.3 Å². The summed E-state index contributed by atoms with van der Waals surface area (Å²) in [4.78, 5) is 0. The topological polar surface area (TPSA) is 21.3 Å². The summed E-state index contributed by atoms with van der Waals surface area (Å²) in [6.07, 6.45) is 6.99. The lowest BCUT2D eigenvalue weighted by Gasteiger charge is -2.54. The van der Waals surface area contributed by atoms with Crippen molar-refractivity contribution < 1.29 is 4.74 Å². The van der Waals surface area contributed by atoms with Crippen LogP contribution in [-0.2, 0) is 0 Å². The number of ether oxygens (including phenoxy) is 1. The van der Waals surface area contributed by atoms with E-state index in [4.69, 9.17) is 4.74 Å². The molecule has 110 valence electrons. The molecular weight excluding hydrogens is 246 g/mol. The van der Waals surface area contributed by atoms with Gasteiger partial charge in [-0.1, -0.05) is 25.8 Å². The lowest BCUT2D eigenvalue weighted by atomic mass is 9.60. The maximum absolute atomic E-state index is 6.36. The summed E-state index contributed by atoms with van der Waals surface area (Å²) in [5.74, 6) is 1.05. The second-order valence-corrected chi connectivity index (χ2v) is 6.64. The van der Waals surface area contributed by atoms with E-state index in [9.17, 15) is 0 Å². The van der Waals surface area contributed by atoms with Crippen LogP contribution in [0.4, 0.5) is 0 Å². The number of aryl methyl sites for hydroxylation is 2. The van der Waals surface area contributed by atoms with Crippen LogP contribution < -0.4 is 10.1 Å². The molecule has 3 rings (SSSR count). The average Bonchev–Trinajstić information content (AvgIpc) is 2.94. The van der Waals surface area contributed by atoms with E-state index in [1.807, 2.05) is 0 Å². The molecule has 1 aromatic carbocycles. The lowest BCUT2D eigenvalue weighted by molar-refractivity contribution is -0.0755. The zero-order chi connectivity index (χ0) is 14.2. The molecule has 2 nitrogen and oxygen atoms in total. The van der Waals surface area contributed by atoms with E-state index in [1.165, 1.54) is 43.2 Å². The summed E-state index contributed by atoms with van der Waals surface area (Å²) in [5.41, 5.74) is 3.08. The van der Waals surface area contributed by atoms with Gasteiger partial charge in [0.05, 0.1) is 0 Å². The standard InChI is InChI=1S/C18H27NO/c1-4-19-16-12-17(18(16)9-5-6-10-18)20-15-8-7-13(2)14(3)11-15/h7-8,11,16-17,19H,4-6,9-10,12H2,1-3H3. The summed E-state index contributed by atoms with van der Waals surface area (Å²) < 4.78 is 6.36. The smallest absolute Gasteiger partial charge is 0.120 e. The molecule has 20 heavy (non-hydrogen) atoms. The van der Waals surface area contributed by atoms with E-state index in [0.29, 0.717) is 17.6 Å². The van der Waals surface area contributed by atoms with Crippen LogP contribution in [0.1, 0.15) is 50.2 Å². The molecule has 0 bridgehead atoms. The zero-order valence-corrected chi connectivity index (χ0v) is 13.0.